The zero-order valence-corrected chi connectivity index (χ0v) is 20.8. The van der Waals surface area contributed by atoms with E-state index in [1.807, 2.05) is 0 Å². The van der Waals surface area contributed by atoms with Gasteiger partial charge in [0.25, 0.3) is 5.91 Å². The van der Waals surface area contributed by atoms with Gasteiger partial charge in [-0.1, -0.05) is 34.8 Å². The van der Waals surface area contributed by atoms with Crippen molar-refractivity contribution in [3.8, 4) is 0 Å². The fraction of sp³-hybridized carbons (Fsp3) is 0.130. The first-order valence-electron chi connectivity index (χ1n) is 9.78. The smallest absolute Gasteiger partial charge is 0.257 e. The standard InChI is InChI=1S/C23H15Cl5FN3O2/c24-11-5-10(6-12(25)7-11)19-20(23(19,27)28)22(34)31-14-2-3-16(26)15(9-14)21(33)32-18-8-13(30)1-4-17(18)29/h1-9,19-20H,30H2,(H,31,34)(H,32,33)/t19-,20+/m0/s1. The topological polar surface area (TPSA) is 84.2 Å². The molecule has 176 valence electrons. The molecule has 2 amide bonds. The van der Waals surface area contributed by atoms with Crippen molar-refractivity contribution in [2.45, 2.75) is 10.3 Å². The summed E-state index contributed by atoms with van der Waals surface area (Å²) in [5.41, 5.74) is 6.73. The van der Waals surface area contributed by atoms with Gasteiger partial charge in [0.15, 0.2) is 0 Å². The van der Waals surface area contributed by atoms with Crippen LogP contribution in [0, 0.1) is 11.7 Å². The van der Waals surface area contributed by atoms with Crippen molar-refractivity contribution in [1.29, 1.82) is 0 Å². The molecule has 4 N–H and O–H groups in total. The highest BCUT2D eigenvalue weighted by atomic mass is 35.5. The average molecular weight is 562 g/mol. The molecule has 0 radical (unpaired) electrons. The second-order valence-electron chi connectivity index (χ2n) is 7.71. The molecule has 0 bridgehead atoms. The molecule has 5 nitrogen and oxygen atoms in total. The van der Waals surface area contributed by atoms with E-state index in [9.17, 15) is 14.0 Å². The lowest BCUT2D eigenvalue weighted by atomic mass is 10.1. The van der Waals surface area contributed by atoms with E-state index in [2.05, 4.69) is 10.6 Å². The Morgan fingerprint density at radius 3 is 2.26 bits per heavy atom. The first-order chi connectivity index (χ1) is 16.0. The number of benzene rings is 3. The van der Waals surface area contributed by atoms with Crippen molar-refractivity contribution < 1.29 is 14.0 Å². The number of nitrogens with two attached hydrogens (primary N) is 1. The summed E-state index contributed by atoms with van der Waals surface area (Å²) in [7, 11) is 0. The molecule has 0 saturated heterocycles. The Morgan fingerprint density at radius 1 is 0.912 bits per heavy atom. The summed E-state index contributed by atoms with van der Waals surface area (Å²) in [6.45, 7) is 0. The third-order valence-electron chi connectivity index (χ3n) is 5.30. The number of hydrogen-bond donors (Lipinski definition) is 3. The number of hydrogen-bond acceptors (Lipinski definition) is 3. The molecular formula is C23H15Cl5FN3O2. The van der Waals surface area contributed by atoms with Crippen molar-refractivity contribution in [2.75, 3.05) is 16.4 Å². The summed E-state index contributed by atoms with van der Waals surface area (Å²) in [4.78, 5) is 25.6. The van der Waals surface area contributed by atoms with Crippen LogP contribution < -0.4 is 16.4 Å². The maximum Gasteiger partial charge on any atom is 0.257 e. The van der Waals surface area contributed by atoms with E-state index >= 15 is 0 Å². The van der Waals surface area contributed by atoms with Gasteiger partial charge in [0.2, 0.25) is 5.91 Å². The van der Waals surface area contributed by atoms with Gasteiger partial charge in [-0.3, -0.25) is 9.59 Å². The van der Waals surface area contributed by atoms with Gasteiger partial charge >= 0.3 is 0 Å². The molecule has 3 aromatic rings. The summed E-state index contributed by atoms with van der Waals surface area (Å²) in [5.74, 6) is -3.15. The number of amides is 2. The molecular weight excluding hydrogens is 547 g/mol. The van der Waals surface area contributed by atoms with Crippen LogP contribution in [0.3, 0.4) is 0 Å². The van der Waals surface area contributed by atoms with Gasteiger partial charge in [0.1, 0.15) is 10.2 Å². The van der Waals surface area contributed by atoms with Crippen LogP contribution in [0.15, 0.2) is 54.6 Å². The maximum absolute atomic E-state index is 14.0. The Bertz CT molecular complexity index is 1300. The van der Waals surface area contributed by atoms with Crippen molar-refractivity contribution in [3.63, 3.8) is 0 Å². The second-order valence-corrected chi connectivity index (χ2v) is 10.4. The summed E-state index contributed by atoms with van der Waals surface area (Å²) in [5, 5.41) is 5.99. The highest BCUT2D eigenvalue weighted by Crippen LogP contribution is 2.65. The maximum atomic E-state index is 14.0. The Labute approximate surface area is 219 Å². The van der Waals surface area contributed by atoms with Crippen LogP contribution in [0.2, 0.25) is 15.1 Å². The lowest BCUT2D eigenvalue weighted by Gasteiger charge is -2.11. The van der Waals surface area contributed by atoms with Crippen LogP contribution in [-0.2, 0) is 4.79 Å². The molecule has 0 aromatic heterocycles. The lowest BCUT2D eigenvalue weighted by Crippen LogP contribution is -2.18. The monoisotopic (exact) mass is 559 g/mol. The van der Waals surface area contributed by atoms with Crippen molar-refractivity contribution >= 4 is 86.9 Å². The minimum absolute atomic E-state index is 0.0123. The van der Waals surface area contributed by atoms with Crippen LogP contribution in [0.5, 0.6) is 0 Å². The molecule has 1 aliphatic rings. The van der Waals surface area contributed by atoms with Crippen LogP contribution >= 0.6 is 58.0 Å². The number of carbonyl (C=O) groups is 2. The molecule has 0 aliphatic heterocycles. The van der Waals surface area contributed by atoms with Gasteiger partial charge in [-0.25, -0.2) is 4.39 Å². The third kappa shape index (κ3) is 5.07. The third-order valence-corrected chi connectivity index (χ3v) is 7.00. The van der Waals surface area contributed by atoms with Gasteiger partial charge in [0, 0.05) is 27.3 Å². The van der Waals surface area contributed by atoms with Gasteiger partial charge in [0.05, 0.1) is 22.2 Å². The van der Waals surface area contributed by atoms with E-state index in [1.54, 1.807) is 18.2 Å². The molecule has 11 heteroatoms. The van der Waals surface area contributed by atoms with Crippen LogP contribution in [0.4, 0.5) is 21.5 Å². The zero-order valence-electron chi connectivity index (χ0n) is 17.0. The zero-order chi connectivity index (χ0) is 24.8. The van der Waals surface area contributed by atoms with Gasteiger partial charge in [-0.15, -0.1) is 23.2 Å². The number of anilines is 3. The molecule has 2 atom stereocenters. The van der Waals surface area contributed by atoms with Crippen LogP contribution in [-0.4, -0.2) is 16.1 Å². The summed E-state index contributed by atoms with van der Waals surface area (Å²) in [6.07, 6.45) is 0. The Morgan fingerprint density at radius 2 is 1.59 bits per heavy atom. The Hall–Kier alpha value is -2.22. The highest BCUT2D eigenvalue weighted by molar-refractivity contribution is 6.53. The van der Waals surface area contributed by atoms with E-state index in [-0.39, 0.29) is 27.6 Å². The largest absolute Gasteiger partial charge is 0.399 e. The molecule has 0 spiro atoms. The minimum atomic E-state index is -1.37. The first kappa shape index (κ1) is 24.9. The van der Waals surface area contributed by atoms with Gasteiger partial charge in [-0.05, 0) is 60.2 Å². The molecule has 0 heterocycles. The fourth-order valence-electron chi connectivity index (χ4n) is 3.65. The van der Waals surface area contributed by atoms with E-state index in [0.717, 1.165) is 6.07 Å². The number of carbonyl (C=O) groups excluding carboxylic acids is 2. The quantitative estimate of drug-likeness (QED) is 0.229. The van der Waals surface area contributed by atoms with Crippen molar-refractivity contribution in [3.05, 3.63) is 86.6 Å². The summed E-state index contributed by atoms with van der Waals surface area (Å²) in [6, 6.07) is 12.9. The van der Waals surface area contributed by atoms with Crippen molar-refractivity contribution in [1.82, 2.24) is 0 Å². The summed E-state index contributed by atoms with van der Waals surface area (Å²) >= 11 is 31.0. The Kier molecular flexibility index (Phi) is 6.91. The molecule has 34 heavy (non-hydrogen) atoms. The molecule has 1 aliphatic carbocycles. The molecule has 1 saturated carbocycles. The van der Waals surface area contributed by atoms with E-state index in [4.69, 9.17) is 63.7 Å². The second kappa shape index (κ2) is 9.44. The SMILES string of the molecule is Nc1ccc(F)c(NC(=O)c2cc(NC(=O)[C@H]3[C@H](c4cc(Cl)cc(Cl)c4)C3(Cl)Cl)ccc2Cl)c1. The number of rotatable bonds is 5. The number of nitrogens with one attached hydrogen (secondary N) is 2. The van der Waals surface area contributed by atoms with E-state index in [1.165, 1.54) is 30.3 Å². The predicted octanol–water partition coefficient (Wildman–Crippen LogP) is 7.15. The highest BCUT2D eigenvalue weighted by Gasteiger charge is 2.67. The molecule has 0 unspecified atom stereocenters. The lowest BCUT2D eigenvalue weighted by molar-refractivity contribution is -0.117. The number of alkyl halides is 2. The summed E-state index contributed by atoms with van der Waals surface area (Å²) < 4.78 is 12.6. The average Bonchev–Trinajstić information content (AvgIpc) is 3.33. The number of nitrogen functional groups attached to an aromatic ring is 1. The van der Waals surface area contributed by atoms with Crippen LogP contribution in [0.25, 0.3) is 0 Å². The van der Waals surface area contributed by atoms with Crippen molar-refractivity contribution in [2.24, 2.45) is 5.92 Å². The minimum Gasteiger partial charge on any atom is -0.399 e. The van der Waals surface area contributed by atoms with Gasteiger partial charge in [-0.2, -0.15) is 0 Å². The van der Waals surface area contributed by atoms with E-state index < -0.39 is 33.8 Å². The Balaban J connectivity index is 1.52. The predicted molar refractivity (Wildman–Crippen MR) is 136 cm³/mol. The molecule has 3 aromatic carbocycles. The van der Waals surface area contributed by atoms with Gasteiger partial charge < -0.3 is 16.4 Å². The van der Waals surface area contributed by atoms with E-state index in [0.29, 0.717) is 15.6 Å². The normalized spacial score (nSPS) is 18.3. The number of halogens is 6. The molecule has 1 fully saturated rings. The fourth-order valence-corrected chi connectivity index (χ4v) is 5.22. The first-order valence-corrected chi connectivity index (χ1v) is 11.7. The van der Waals surface area contributed by atoms with Crippen LogP contribution in [0.1, 0.15) is 21.8 Å². The molecule has 4 rings (SSSR count).